The first-order valence-electron chi connectivity index (χ1n) is 10.2. The van der Waals surface area contributed by atoms with Gasteiger partial charge in [0.25, 0.3) is 0 Å². The van der Waals surface area contributed by atoms with Gasteiger partial charge in [-0.1, -0.05) is 32.0 Å². The largest absolute Gasteiger partial charge is 0.493 e. The maximum absolute atomic E-state index is 12.6. The van der Waals surface area contributed by atoms with Gasteiger partial charge >= 0.3 is 5.97 Å². The van der Waals surface area contributed by atoms with Gasteiger partial charge in [0.2, 0.25) is 0 Å². The third kappa shape index (κ3) is 4.58. The van der Waals surface area contributed by atoms with Crippen LogP contribution in [0.5, 0.6) is 11.5 Å². The van der Waals surface area contributed by atoms with Gasteiger partial charge in [-0.2, -0.15) is 0 Å². The minimum atomic E-state index is -0.594. The van der Waals surface area contributed by atoms with E-state index in [0.717, 1.165) is 16.9 Å². The molecule has 0 radical (unpaired) electrons. The second-order valence-corrected chi connectivity index (χ2v) is 8.31. The fraction of sp³-hybridized carbons (Fsp3) is 0.360. The number of para-hydroxylation sites is 1. The molecule has 0 saturated heterocycles. The minimum Gasteiger partial charge on any atom is -0.493 e. The summed E-state index contributed by atoms with van der Waals surface area (Å²) < 4.78 is 16.2. The molecule has 1 heterocycles. The van der Waals surface area contributed by atoms with Crippen LogP contribution in [0, 0.1) is 0 Å². The summed E-state index contributed by atoms with van der Waals surface area (Å²) in [5.41, 5.74) is 3.07. The molecule has 6 nitrogen and oxygen atoms in total. The highest BCUT2D eigenvalue weighted by Gasteiger charge is 2.38. The highest BCUT2D eigenvalue weighted by molar-refractivity contribution is 5.96. The molecule has 0 spiro atoms. The summed E-state index contributed by atoms with van der Waals surface area (Å²) in [6.45, 7) is 7.63. The number of carbonyl (C=O) groups excluding carboxylic acids is 2. The molecule has 0 atom stereocenters. The van der Waals surface area contributed by atoms with Crippen LogP contribution in [-0.2, 0) is 14.9 Å². The summed E-state index contributed by atoms with van der Waals surface area (Å²) in [4.78, 5) is 27.1. The third-order valence-electron chi connectivity index (χ3n) is 5.35. The first-order chi connectivity index (χ1) is 14.6. The average molecular weight is 424 g/mol. The van der Waals surface area contributed by atoms with Gasteiger partial charge in [-0.05, 0) is 43.7 Å². The van der Waals surface area contributed by atoms with Crippen molar-refractivity contribution in [2.75, 3.05) is 25.7 Å². The molecular weight excluding hydrogens is 394 g/mol. The van der Waals surface area contributed by atoms with Gasteiger partial charge in [0.05, 0.1) is 18.8 Å². The fourth-order valence-corrected chi connectivity index (χ4v) is 3.82. The van der Waals surface area contributed by atoms with E-state index in [1.54, 1.807) is 24.3 Å². The highest BCUT2D eigenvalue weighted by Crippen LogP contribution is 2.46. The summed E-state index contributed by atoms with van der Waals surface area (Å²) in [6, 6.07) is 12.9. The summed E-state index contributed by atoms with van der Waals surface area (Å²) in [6.07, 6.45) is 1.54. The molecule has 0 amide bonds. The zero-order valence-corrected chi connectivity index (χ0v) is 18.9. The number of hydrogen-bond acceptors (Lipinski definition) is 6. The van der Waals surface area contributed by atoms with E-state index in [1.165, 1.54) is 7.11 Å². The number of allylic oxidation sites excluding steroid dienone is 1. The molecule has 2 aromatic rings. The number of likely N-dealkylation sites (N-methyl/N-ethyl adjacent to an activating group) is 1. The van der Waals surface area contributed by atoms with Crippen molar-refractivity contribution in [1.82, 2.24) is 0 Å². The molecule has 6 heteroatoms. The standard InChI is InChI=1S/C25H29NO5/c1-16(2)31-21-12-11-17(13-22(21)29-6)24(28)30-15-18(27)14-23-25(3,4)19-9-7-8-10-20(19)26(23)5/h7-14,16H,15H2,1-6H3/b23-14+. The molecule has 0 aliphatic carbocycles. The molecule has 3 rings (SSSR count). The van der Waals surface area contributed by atoms with E-state index < -0.39 is 5.97 Å². The maximum atomic E-state index is 12.6. The second-order valence-electron chi connectivity index (χ2n) is 8.31. The van der Waals surface area contributed by atoms with Crippen LogP contribution in [-0.4, -0.2) is 38.6 Å². The van der Waals surface area contributed by atoms with Crippen molar-refractivity contribution in [3.63, 3.8) is 0 Å². The van der Waals surface area contributed by atoms with E-state index >= 15 is 0 Å². The number of anilines is 1. The summed E-state index contributed by atoms with van der Waals surface area (Å²) in [5, 5.41) is 0. The molecule has 0 N–H and O–H groups in total. The van der Waals surface area contributed by atoms with Crippen LogP contribution in [0.1, 0.15) is 43.6 Å². The Labute approximate surface area is 183 Å². The molecule has 0 aromatic heterocycles. The first kappa shape index (κ1) is 22.4. The van der Waals surface area contributed by atoms with Gasteiger partial charge < -0.3 is 19.1 Å². The van der Waals surface area contributed by atoms with E-state index in [9.17, 15) is 9.59 Å². The lowest BCUT2D eigenvalue weighted by Crippen LogP contribution is -2.25. The molecule has 31 heavy (non-hydrogen) atoms. The van der Waals surface area contributed by atoms with Crippen molar-refractivity contribution < 1.29 is 23.8 Å². The van der Waals surface area contributed by atoms with Gasteiger partial charge in [0, 0.05) is 29.9 Å². The lowest BCUT2D eigenvalue weighted by molar-refractivity contribution is -0.117. The lowest BCUT2D eigenvalue weighted by Gasteiger charge is -2.23. The Balaban J connectivity index is 1.69. The Morgan fingerprint density at radius 1 is 1.10 bits per heavy atom. The van der Waals surface area contributed by atoms with Crippen molar-refractivity contribution >= 4 is 17.4 Å². The number of methoxy groups -OCH3 is 1. The Hall–Kier alpha value is -3.28. The zero-order valence-electron chi connectivity index (χ0n) is 18.9. The summed E-state index contributed by atoms with van der Waals surface area (Å²) in [5.74, 6) is 0.107. The zero-order chi connectivity index (χ0) is 22.8. The lowest BCUT2D eigenvalue weighted by atomic mass is 9.83. The molecular formula is C25H29NO5. The number of rotatable bonds is 7. The number of ketones is 1. The number of benzene rings is 2. The Bertz CT molecular complexity index is 1020. The van der Waals surface area contributed by atoms with E-state index in [2.05, 4.69) is 19.9 Å². The van der Waals surface area contributed by atoms with Gasteiger partial charge in [-0.15, -0.1) is 0 Å². The third-order valence-corrected chi connectivity index (χ3v) is 5.35. The molecule has 1 aliphatic rings. The fourth-order valence-electron chi connectivity index (χ4n) is 3.82. The van der Waals surface area contributed by atoms with Gasteiger partial charge in [-0.25, -0.2) is 4.79 Å². The smallest absolute Gasteiger partial charge is 0.338 e. The molecule has 0 unspecified atom stereocenters. The molecule has 0 saturated carbocycles. The number of carbonyl (C=O) groups is 2. The molecule has 0 fully saturated rings. The van der Waals surface area contributed by atoms with Gasteiger partial charge in [0.15, 0.2) is 23.9 Å². The van der Waals surface area contributed by atoms with Crippen LogP contribution in [0.15, 0.2) is 54.2 Å². The molecule has 164 valence electrons. The van der Waals surface area contributed by atoms with Gasteiger partial charge in [-0.3, -0.25) is 4.79 Å². The van der Waals surface area contributed by atoms with E-state index in [-0.39, 0.29) is 23.9 Å². The number of nitrogens with zero attached hydrogens (tertiary/aromatic N) is 1. The average Bonchev–Trinajstić information content (AvgIpc) is 2.93. The maximum Gasteiger partial charge on any atom is 0.338 e. The van der Waals surface area contributed by atoms with E-state index in [0.29, 0.717) is 17.1 Å². The quantitative estimate of drug-likeness (QED) is 0.482. The first-order valence-corrected chi connectivity index (χ1v) is 10.2. The van der Waals surface area contributed by atoms with Crippen LogP contribution in [0.2, 0.25) is 0 Å². The van der Waals surface area contributed by atoms with Crippen LogP contribution in [0.4, 0.5) is 5.69 Å². The molecule has 1 aliphatic heterocycles. The molecule has 2 aromatic carbocycles. The van der Waals surface area contributed by atoms with Crippen molar-refractivity contribution in [3.05, 3.63) is 65.4 Å². The van der Waals surface area contributed by atoms with Crippen LogP contribution in [0.3, 0.4) is 0 Å². The van der Waals surface area contributed by atoms with Crippen LogP contribution >= 0.6 is 0 Å². The number of fused-ring (bicyclic) bond motifs is 1. The SMILES string of the molecule is COc1cc(C(=O)OCC(=O)/C=C2/N(C)c3ccccc3C2(C)C)ccc1OC(C)C. The summed E-state index contributed by atoms with van der Waals surface area (Å²) in [7, 11) is 3.44. The predicted molar refractivity (Wildman–Crippen MR) is 120 cm³/mol. The number of ether oxygens (including phenoxy) is 3. The van der Waals surface area contributed by atoms with Crippen molar-refractivity contribution in [3.8, 4) is 11.5 Å². The Morgan fingerprint density at radius 3 is 2.45 bits per heavy atom. The Kier molecular flexibility index (Phi) is 6.39. The van der Waals surface area contributed by atoms with Gasteiger partial charge in [0.1, 0.15) is 0 Å². The monoisotopic (exact) mass is 423 g/mol. The van der Waals surface area contributed by atoms with Crippen LogP contribution < -0.4 is 14.4 Å². The highest BCUT2D eigenvalue weighted by atomic mass is 16.5. The van der Waals surface area contributed by atoms with E-state index in [4.69, 9.17) is 14.2 Å². The van der Waals surface area contributed by atoms with E-state index in [1.807, 2.05) is 44.0 Å². The number of esters is 1. The minimum absolute atomic E-state index is 0.0264. The van der Waals surface area contributed by atoms with Crippen LogP contribution in [0.25, 0.3) is 0 Å². The predicted octanol–water partition coefficient (Wildman–Crippen LogP) is 4.52. The normalized spacial score (nSPS) is 15.7. The van der Waals surface area contributed by atoms with Crippen molar-refractivity contribution in [2.24, 2.45) is 0 Å². The number of hydrogen-bond donors (Lipinski definition) is 0. The topological polar surface area (TPSA) is 65.1 Å². The van der Waals surface area contributed by atoms with Crippen molar-refractivity contribution in [2.45, 2.75) is 39.2 Å². The Morgan fingerprint density at radius 2 is 1.81 bits per heavy atom. The summed E-state index contributed by atoms with van der Waals surface area (Å²) >= 11 is 0. The second kappa shape index (κ2) is 8.84. The van der Waals surface area contributed by atoms with Crippen molar-refractivity contribution in [1.29, 1.82) is 0 Å². The molecule has 0 bridgehead atoms.